The summed E-state index contributed by atoms with van der Waals surface area (Å²) < 4.78 is 33.3. The van der Waals surface area contributed by atoms with Gasteiger partial charge in [0.1, 0.15) is 5.75 Å². The number of carbonyl (C=O) groups excluding carboxylic acids is 1. The molecule has 0 spiro atoms. The molecule has 8 heteroatoms. The van der Waals surface area contributed by atoms with E-state index in [0.29, 0.717) is 28.6 Å². The van der Waals surface area contributed by atoms with Gasteiger partial charge in [-0.3, -0.25) is 9.52 Å². The Morgan fingerprint density at radius 3 is 2.30 bits per heavy atom. The zero-order chi connectivity index (χ0) is 21.6. The van der Waals surface area contributed by atoms with E-state index in [1.54, 1.807) is 36.4 Å². The number of hydrogen-bond acceptors (Lipinski definition) is 4. The molecular formula is C22H21ClN2O4S. The van der Waals surface area contributed by atoms with Crippen molar-refractivity contribution < 1.29 is 17.9 Å². The quantitative estimate of drug-likeness (QED) is 0.526. The van der Waals surface area contributed by atoms with Crippen LogP contribution in [0.1, 0.15) is 12.5 Å². The Hall–Kier alpha value is -3.03. The van der Waals surface area contributed by atoms with Gasteiger partial charge in [-0.15, -0.1) is 0 Å². The number of rotatable bonds is 8. The summed E-state index contributed by atoms with van der Waals surface area (Å²) in [5, 5.41) is 3.24. The van der Waals surface area contributed by atoms with Crippen LogP contribution in [0.4, 0.5) is 11.4 Å². The summed E-state index contributed by atoms with van der Waals surface area (Å²) in [4.78, 5) is 12.2. The zero-order valence-corrected chi connectivity index (χ0v) is 17.8. The number of nitrogens with one attached hydrogen (secondary N) is 2. The Kier molecular flexibility index (Phi) is 6.97. The monoisotopic (exact) mass is 444 g/mol. The fourth-order valence-electron chi connectivity index (χ4n) is 2.73. The highest BCUT2D eigenvalue weighted by Crippen LogP contribution is 2.22. The van der Waals surface area contributed by atoms with E-state index in [1.165, 1.54) is 24.3 Å². The molecule has 0 aliphatic rings. The van der Waals surface area contributed by atoms with Crippen LogP contribution >= 0.6 is 11.6 Å². The summed E-state index contributed by atoms with van der Waals surface area (Å²) >= 11 is 5.80. The van der Waals surface area contributed by atoms with Crippen molar-refractivity contribution in [1.29, 1.82) is 0 Å². The molecule has 30 heavy (non-hydrogen) atoms. The summed E-state index contributed by atoms with van der Waals surface area (Å²) in [6.07, 6.45) is 0.710. The Labute approximate surface area is 180 Å². The van der Waals surface area contributed by atoms with E-state index in [4.69, 9.17) is 16.3 Å². The highest BCUT2D eigenvalue weighted by atomic mass is 35.5. The fraction of sp³-hybridized carbons (Fsp3) is 0.136. The van der Waals surface area contributed by atoms with Crippen LogP contribution in [0.3, 0.4) is 0 Å². The predicted octanol–water partition coefficient (Wildman–Crippen LogP) is 4.72. The molecule has 0 aliphatic carbocycles. The first kappa shape index (κ1) is 21.7. The van der Waals surface area contributed by atoms with E-state index >= 15 is 0 Å². The van der Waals surface area contributed by atoms with Gasteiger partial charge in [-0.1, -0.05) is 36.7 Å². The molecule has 0 heterocycles. The number of halogens is 1. The molecule has 0 aromatic heterocycles. The Balaban J connectivity index is 1.61. The zero-order valence-electron chi connectivity index (χ0n) is 16.3. The molecule has 3 rings (SSSR count). The molecule has 1 amide bonds. The SMILES string of the molecule is CCc1ccccc1NS(=O)(=O)c1ccc(NC(=O)COc2ccc(Cl)cc2)cc1. The van der Waals surface area contributed by atoms with Crippen LogP contribution in [0.5, 0.6) is 5.75 Å². The number of amides is 1. The number of sulfonamides is 1. The standard InChI is InChI=1S/C22H21ClN2O4S/c1-2-16-5-3-4-6-21(16)25-30(27,28)20-13-9-18(10-14-20)24-22(26)15-29-19-11-7-17(23)8-12-19/h3-14,25H,2,15H2,1H3,(H,24,26). The minimum atomic E-state index is -3.74. The number of para-hydroxylation sites is 1. The summed E-state index contributed by atoms with van der Waals surface area (Å²) in [6.45, 7) is 1.78. The maximum absolute atomic E-state index is 12.7. The average molecular weight is 445 g/mol. The van der Waals surface area contributed by atoms with Crippen molar-refractivity contribution in [3.05, 3.63) is 83.4 Å². The lowest BCUT2D eigenvalue weighted by molar-refractivity contribution is -0.118. The smallest absolute Gasteiger partial charge is 0.262 e. The van der Waals surface area contributed by atoms with E-state index in [-0.39, 0.29) is 17.4 Å². The van der Waals surface area contributed by atoms with Gasteiger partial charge in [0.15, 0.2) is 6.61 Å². The van der Waals surface area contributed by atoms with Gasteiger partial charge in [0, 0.05) is 10.7 Å². The molecule has 0 bridgehead atoms. The van der Waals surface area contributed by atoms with Gasteiger partial charge in [-0.2, -0.15) is 0 Å². The van der Waals surface area contributed by atoms with Crippen molar-refractivity contribution in [2.24, 2.45) is 0 Å². The number of anilines is 2. The van der Waals surface area contributed by atoms with Gasteiger partial charge in [-0.05, 0) is 66.6 Å². The lowest BCUT2D eigenvalue weighted by atomic mass is 10.1. The molecule has 0 fully saturated rings. The number of hydrogen-bond donors (Lipinski definition) is 2. The van der Waals surface area contributed by atoms with Gasteiger partial charge >= 0.3 is 0 Å². The van der Waals surface area contributed by atoms with Crippen molar-refractivity contribution in [3.8, 4) is 5.75 Å². The second-order valence-corrected chi connectivity index (χ2v) is 8.55. The third kappa shape index (κ3) is 5.75. The van der Waals surface area contributed by atoms with Crippen LogP contribution in [0.25, 0.3) is 0 Å². The van der Waals surface area contributed by atoms with E-state index < -0.39 is 10.0 Å². The number of carbonyl (C=O) groups is 1. The minimum Gasteiger partial charge on any atom is -0.484 e. The molecular weight excluding hydrogens is 424 g/mol. The Morgan fingerprint density at radius 2 is 1.63 bits per heavy atom. The molecule has 0 unspecified atom stereocenters. The third-order valence-electron chi connectivity index (χ3n) is 4.27. The van der Waals surface area contributed by atoms with Crippen molar-refractivity contribution >= 4 is 38.9 Å². The van der Waals surface area contributed by atoms with Gasteiger partial charge in [-0.25, -0.2) is 8.42 Å². The van der Waals surface area contributed by atoms with Gasteiger partial charge in [0.25, 0.3) is 15.9 Å². The Bertz CT molecular complexity index is 1110. The summed E-state index contributed by atoms with van der Waals surface area (Å²) in [7, 11) is -3.74. The van der Waals surface area contributed by atoms with Crippen molar-refractivity contribution in [3.63, 3.8) is 0 Å². The molecule has 0 radical (unpaired) electrons. The molecule has 2 N–H and O–H groups in total. The maximum Gasteiger partial charge on any atom is 0.262 e. The Morgan fingerprint density at radius 1 is 0.967 bits per heavy atom. The second kappa shape index (κ2) is 9.65. The number of aryl methyl sites for hydroxylation is 1. The molecule has 0 saturated heterocycles. The van der Waals surface area contributed by atoms with Crippen LogP contribution in [-0.2, 0) is 21.2 Å². The lowest BCUT2D eigenvalue weighted by Gasteiger charge is -2.12. The van der Waals surface area contributed by atoms with Crippen LogP contribution < -0.4 is 14.8 Å². The summed E-state index contributed by atoms with van der Waals surface area (Å²) in [5.41, 5.74) is 1.93. The van der Waals surface area contributed by atoms with Crippen molar-refractivity contribution in [1.82, 2.24) is 0 Å². The maximum atomic E-state index is 12.7. The fourth-order valence-corrected chi connectivity index (χ4v) is 3.95. The molecule has 0 saturated carbocycles. The summed E-state index contributed by atoms with van der Waals surface area (Å²) in [5.74, 6) is 0.157. The highest BCUT2D eigenvalue weighted by molar-refractivity contribution is 7.92. The van der Waals surface area contributed by atoms with Crippen LogP contribution in [0.15, 0.2) is 77.7 Å². The van der Waals surface area contributed by atoms with Crippen LogP contribution in [0, 0.1) is 0 Å². The van der Waals surface area contributed by atoms with Crippen LogP contribution in [0.2, 0.25) is 5.02 Å². The number of benzene rings is 3. The summed E-state index contributed by atoms with van der Waals surface area (Å²) in [6, 6.07) is 19.8. The van der Waals surface area contributed by atoms with E-state index in [0.717, 1.165) is 5.56 Å². The van der Waals surface area contributed by atoms with Gasteiger partial charge in [0.05, 0.1) is 10.6 Å². The highest BCUT2D eigenvalue weighted by Gasteiger charge is 2.16. The second-order valence-electron chi connectivity index (χ2n) is 6.43. The largest absolute Gasteiger partial charge is 0.484 e. The van der Waals surface area contributed by atoms with Gasteiger partial charge < -0.3 is 10.1 Å². The first-order chi connectivity index (χ1) is 14.4. The van der Waals surface area contributed by atoms with Crippen molar-refractivity contribution in [2.45, 2.75) is 18.2 Å². The average Bonchev–Trinajstić information content (AvgIpc) is 2.74. The first-order valence-corrected chi connectivity index (χ1v) is 11.1. The van der Waals surface area contributed by atoms with E-state index in [2.05, 4.69) is 10.0 Å². The van der Waals surface area contributed by atoms with E-state index in [1.807, 2.05) is 19.1 Å². The minimum absolute atomic E-state index is 0.101. The molecule has 156 valence electrons. The van der Waals surface area contributed by atoms with Crippen molar-refractivity contribution in [2.75, 3.05) is 16.6 Å². The number of ether oxygens (including phenoxy) is 1. The topological polar surface area (TPSA) is 84.5 Å². The predicted molar refractivity (Wildman–Crippen MR) is 119 cm³/mol. The molecule has 0 aliphatic heterocycles. The molecule has 3 aromatic rings. The van der Waals surface area contributed by atoms with Gasteiger partial charge in [0.2, 0.25) is 0 Å². The lowest BCUT2D eigenvalue weighted by Crippen LogP contribution is -2.20. The molecule has 6 nitrogen and oxygen atoms in total. The first-order valence-electron chi connectivity index (χ1n) is 9.26. The third-order valence-corrected chi connectivity index (χ3v) is 5.91. The molecule has 3 aromatic carbocycles. The normalized spacial score (nSPS) is 11.0. The molecule has 0 atom stereocenters. The van der Waals surface area contributed by atoms with E-state index in [9.17, 15) is 13.2 Å². The van der Waals surface area contributed by atoms with Crippen LogP contribution in [-0.4, -0.2) is 20.9 Å².